The molecule has 3 heteroatoms. The molecule has 0 bridgehead atoms. The minimum Gasteiger partial charge on any atom is -0.497 e. The Balaban J connectivity index is 2.12. The van der Waals surface area contributed by atoms with E-state index in [0.29, 0.717) is 19.0 Å². The summed E-state index contributed by atoms with van der Waals surface area (Å²) in [5.41, 5.74) is 2.00. The van der Waals surface area contributed by atoms with E-state index in [2.05, 4.69) is 6.58 Å². The molecule has 80 valence electrons. The van der Waals surface area contributed by atoms with Crippen molar-refractivity contribution in [2.45, 2.75) is 6.29 Å². The van der Waals surface area contributed by atoms with E-state index in [0.717, 1.165) is 11.1 Å². The lowest BCUT2D eigenvalue weighted by atomic mass is 10.1. The highest BCUT2D eigenvalue weighted by Crippen LogP contribution is 2.24. The van der Waals surface area contributed by atoms with Gasteiger partial charge >= 0.3 is 0 Å². The predicted octanol–water partition coefficient (Wildman–Crippen LogP) is 2.35. The molecular weight excluding hydrogens is 192 g/mol. The summed E-state index contributed by atoms with van der Waals surface area (Å²) in [5.74, 6) is 0.662. The smallest absolute Gasteiger partial charge is 0.184 e. The van der Waals surface area contributed by atoms with Crippen molar-refractivity contribution < 1.29 is 14.2 Å². The third-order valence-corrected chi connectivity index (χ3v) is 2.37. The Bertz CT molecular complexity index is 336. The third kappa shape index (κ3) is 2.19. The predicted molar refractivity (Wildman–Crippen MR) is 57.1 cm³/mol. The Morgan fingerprint density at radius 3 is 2.40 bits per heavy atom. The summed E-state index contributed by atoms with van der Waals surface area (Å²) in [6.45, 7) is 5.11. The molecule has 1 aliphatic rings. The van der Waals surface area contributed by atoms with Crippen molar-refractivity contribution in [1.82, 2.24) is 0 Å². The Hall–Kier alpha value is -1.32. The highest BCUT2D eigenvalue weighted by Gasteiger charge is 2.17. The highest BCUT2D eigenvalue weighted by molar-refractivity contribution is 5.57. The topological polar surface area (TPSA) is 27.7 Å². The van der Waals surface area contributed by atoms with Crippen LogP contribution in [0.4, 0.5) is 0 Å². The molecule has 15 heavy (non-hydrogen) atoms. The van der Waals surface area contributed by atoms with Crippen LogP contribution in [0.15, 0.2) is 30.8 Å². The number of hydrogen-bond donors (Lipinski definition) is 0. The summed E-state index contributed by atoms with van der Waals surface area (Å²) in [6.07, 6.45) is -0.213. The first-order valence-corrected chi connectivity index (χ1v) is 4.87. The summed E-state index contributed by atoms with van der Waals surface area (Å²) < 4.78 is 15.8. The number of methoxy groups -OCH3 is 1. The lowest BCUT2D eigenvalue weighted by Gasteiger charge is -2.10. The first-order chi connectivity index (χ1) is 7.31. The second kappa shape index (κ2) is 4.47. The number of ether oxygens (including phenoxy) is 3. The molecule has 0 saturated carbocycles. The minimum atomic E-state index is -0.213. The SMILES string of the molecule is C=C(OC)c1ccc(C2OCCO2)cc1. The molecule has 0 radical (unpaired) electrons. The largest absolute Gasteiger partial charge is 0.497 e. The van der Waals surface area contributed by atoms with Gasteiger partial charge in [-0.05, 0) is 0 Å². The van der Waals surface area contributed by atoms with Crippen LogP contribution in [0.2, 0.25) is 0 Å². The van der Waals surface area contributed by atoms with Crippen LogP contribution < -0.4 is 0 Å². The Labute approximate surface area is 89.3 Å². The zero-order valence-corrected chi connectivity index (χ0v) is 8.73. The molecule has 3 nitrogen and oxygen atoms in total. The van der Waals surface area contributed by atoms with Gasteiger partial charge in [-0.25, -0.2) is 0 Å². The van der Waals surface area contributed by atoms with E-state index in [1.54, 1.807) is 7.11 Å². The number of rotatable bonds is 3. The molecule has 1 fully saturated rings. The summed E-state index contributed by atoms with van der Waals surface area (Å²) in [5, 5.41) is 0. The summed E-state index contributed by atoms with van der Waals surface area (Å²) in [7, 11) is 1.61. The van der Waals surface area contributed by atoms with E-state index in [4.69, 9.17) is 14.2 Å². The average Bonchev–Trinajstić information content (AvgIpc) is 2.82. The number of benzene rings is 1. The van der Waals surface area contributed by atoms with Gasteiger partial charge in [-0.15, -0.1) is 0 Å². The van der Waals surface area contributed by atoms with Crippen molar-refractivity contribution in [3.63, 3.8) is 0 Å². The van der Waals surface area contributed by atoms with Crippen LogP contribution in [-0.4, -0.2) is 20.3 Å². The molecule has 1 aromatic rings. The van der Waals surface area contributed by atoms with Crippen molar-refractivity contribution in [3.05, 3.63) is 42.0 Å². The van der Waals surface area contributed by atoms with E-state index in [1.165, 1.54) is 0 Å². The molecule has 0 amide bonds. The lowest BCUT2D eigenvalue weighted by molar-refractivity contribution is -0.0441. The Morgan fingerprint density at radius 1 is 1.27 bits per heavy atom. The van der Waals surface area contributed by atoms with Crippen LogP contribution in [0.1, 0.15) is 17.4 Å². The van der Waals surface area contributed by atoms with Gasteiger partial charge in [0.25, 0.3) is 0 Å². The fraction of sp³-hybridized carbons (Fsp3) is 0.333. The molecule has 0 spiro atoms. The molecule has 1 aromatic carbocycles. The van der Waals surface area contributed by atoms with Gasteiger partial charge in [0.15, 0.2) is 6.29 Å². The van der Waals surface area contributed by atoms with Crippen LogP contribution in [0, 0.1) is 0 Å². The normalized spacial score (nSPS) is 16.6. The maximum atomic E-state index is 5.39. The zero-order chi connectivity index (χ0) is 10.7. The summed E-state index contributed by atoms with van der Waals surface area (Å²) in [6, 6.07) is 7.84. The van der Waals surface area contributed by atoms with Gasteiger partial charge in [-0.2, -0.15) is 0 Å². The summed E-state index contributed by atoms with van der Waals surface area (Å²) in [4.78, 5) is 0. The second-order valence-corrected chi connectivity index (χ2v) is 3.32. The van der Waals surface area contributed by atoms with E-state index in [9.17, 15) is 0 Å². The lowest BCUT2D eigenvalue weighted by Crippen LogP contribution is -1.97. The minimum absolute atomic E-state index is 0.213. The second-order valence-electron chi connectivity index (χ2n) is 3.32. The van der Waals surface area contributed by atoms with Crippen molar-refractivity contribution in [3.8, 4) is 0 Å². The molecule has 0 aliphatic carbocycles. The quantitative estimate of drug-likeness (QED) is 0.710. The fourth-order valence-electron chi connectivity index (χ4n) is 1.49. The highest BCUT2D eigenvalue weighted by atomic mass is 16.7. The molecule has 2 rings (SSSR count). The van der Waals surface area contributed by atoms with Gasteiger partial charge < -0.3 is 14.2 Å². The standard InChI is InChI=1S/C12H14O3/c1-9(13-2)10-3-5-11(6-4-10)12-14-7-8-15-12/h3-6,12H,1,7-8H2,2H3. The van der Waals surface area contributed by atoms with Crippen LogP contribution in [0.25, 0.3) is 5.76 Å². The molecular formula is C12H14O3. The van der Waals surface area contributed by atoms with Crippen LogP contribution in [0.5, 0.6) is 0 Å². The van der Waals surface area contributed by atoms with Gasteiger partial charge in [0.05, 0.1) is 20.3 Å². The molecule has 1 aliphatic heterocycles. The Kier molecular flexibility index (Phi) is 3.04. The van der Waals surface area contributed by atoms with Gasteiger partial charge in [-0.3, -0.25) is 0 Å². The molecule has 1 heterocycles. The molecule has 1 saturated heterocycles. The maximum Gasteiger partial charge on any atom is 0.184 e. The van der Waals surface area contributed by atoms with Crippen LogP contribution >= 0.6 is 0 Å². The van der Waals surface area contributed by atoms with Crippen molar-refractivity contribution >= 4 is 5.76 Å². The van der Waals surface area contributed by atoms with E-state index < -0.39 is 0 Å². The maximum absolute atomic E-state index is 5.39. The van der Waals surface area contributed by atoms with E-state index in [-0.39, 0.29) is 6.29 Å². The van der Waals surface area contributed by atoms with Gasteiger partial charge in [0.2, 0.25) is 0 Å². The van der Waals surface area contributed by atoms with Gasteiger partial charge in [-0.1, -0.05) is 30.8 Å². The number of hydrogen-bond acceptors (Lipinski definition) is 3. The molecule has 0 unspecified atom stereocenters. The van der Waals surface area contributed by atoms with Crippen molar-refractivity contribution in [2.75, 3.05) is 20.3 Å². The fourth-order valence-corrected chi connectivity index (χ4v) is 1.49. The monoisotopic (exact) mass is 206 g/mol. The third-order valence-electron chi connectivity index (χ3n) is 2.37. The summed E-state index contributed by atoms with van der Waals surface area (Å²) >= 11 is 0. The van der Waals surface area contributed by atoms with Crippen LogP contribution in [0.3, 0.4) is 0 Å². The van der Waals surface area contributed by atoms with E-state index in [1.807, 2.05) is 24.3 Å². The van der Waals surface area contributed by atoms with Crippen molar-refractivity contribution in [2.24, 2.45) is 0 Å². The van der Waals surface area contributed by atoms with Crippen LogP contribution in [-0.2, 0) is 14.2 Å². The van der Waals surface area contributed by atoms with Gasteiger partial charge in [0.1, 0.15) is 5.76 Å². The average molecular weight is 206 g/mol. The molecule has 0 N–H and O–H groups in total. The zero-order valence-electron chi connectivity index (χ0n) is 8.73. The first kappa shape index (κ1) is 10.2. The Morgan fingerprint density at radius 2 is 1.87 bits per heavy atom. The molecule has 0 atom stereocenters. The van der Waals surface area contributed by atoms with Gasteiger partial charge in [0, 0.05) is 11.1 Å². The molecule has 0 aromatic heterocycles. The van der Waals surface area contributed by atoms with Crippen molar-refractivity contribution in [1.29, 1.82) is 0 Å². The van der Waals surface area contributed by atoms with E-state index >= 15 is 0 Å². The first-order valence-electron chi connectivity index (χ1n) is 4.87.